The van der Waals surface area contributed by atoms with Crippen LogP contribution in [0.15, 0.2) is 48.6 Å². The second-order valence-electron chi connectivity index (χ2n) is 4.54. The lowest BCUT2D eigenvalue weighted by Crippen LogP contribution is -2.11. The summed E-state index contributed by atoms with van der Waals surface area (Å²) in [5.74, 6) is -0.186. The molecule has 1 aromatic heterocycles. The topological polar surface area (TPSA) is 68.7 Å². The van der Waals surface area contributed by atoms with E-state index in [4.69, 9.17) is 5.26 Å². The highest BCUT2D eigenvalue weighted by atomic mass is 16.1. The van der Waals surface area contributed by atoms with Gasteiger partial charge >= 0.3 is 0 Å². The highest BCUT2D eigenvalue weighted by Crippen LogP contribution is 2.21. The minimum atomic E-state index is -0.186. The molecule has 2 rings (SSSR count). The molecule has 0 unspecified atom stereocenters. The Labute approximate surface area is 117 Å². The standard InChI is InChI=1S/C16H15N3O/c1-11(2)16(20)19-13-5-3-12(4-6-13)15-8-7-14(18-15)9-10-17/h3-8,18H,1,9H2,2H3,(H,19,20). The van der Waals surface area contributed by atoms with Gasteiger partial charge < -0.3 is 10.3 Å². The molecule has 20 heavy (non-hydrogen) atoms. The molecule has 0 spiro atoms. The maximum absolute atomic E-state index is 11.5. The van der Waals surface area contributed by atoms with Crippen LogP contribution in [-0.2, 0) is 11.2 Å². The van der Waals surface area contributed by atoms with E-state index in [-0.39, 0.29) is 5.91 Å². The van der Waals surface area contributed by atoms with E-state index in [1.165, 1.54) is 0 Å². The largest absolute Gasteiger partial charge is 0.358 e. The number of amides is 1. The van der Waals surface area contributed by atoms with E-state index in [0.29, 0.717) is 12.0 Å². The second kappa shape index (κ2) is 5.89. The summed E-state index contributed by atoms with van der Waals surface area (Å²) in [6, 6.07) is 13.4. The Bertz CT molecular complexity index is 674. The average Bonchev–Trinajstić information content (AvgIpc) is 2.88. The van der Waals surface area contributed by atoms with E-state index in [9.17, 15) is 4.79 Å². The summed E-state index contributed by atoms with van der Waals surface area (Å²) in [7, 11) is 0. The van der Waals surface area contributed by atoms with E-state index in [1.807, 2.05) is 36.4 Å². The van der Waals surface area contributed by atoms with Gasteiger partial charge in [0.25, 0.3) is 5.91 Å². The van der Waals surface area contributed by atoms with Gasteiger partial charge in [0.1, 0.15) is 0 Å². The van der Waals surface area contributed by atoms with Crippen LogP contribution in [0.3, 0.4) is 0 Å². The van der Waals surface area contributed by atoms with Gasteiger partial charge in [0, 0.05) is 22.6 Å². The quantitative estimate of drug-likeness (QED) is 0.833. The fourth-order valence-electron chi connectivity index (χ4n) is 1.77. The molecule has 0 saturated heterocycles. The molecule has 0 bridgehead atoms. The molecule has 0 atom stereocenters. The Morgan fingerprint density at radius 1 is 1.30 bits per heavy atom. The van der Waals surface area contributed by atoms with Gasteiger partial charge in [0.2, 0.25) is 0 Å². The Balaban J connectivity index is 2.13. The van der Waals surface area contributed by atoms with Crippen molar-refractivity contribution in [1.82, 2.24) is 4.98 Å². The number of aromatic amines is 1. The molecular formula is C16H15N3O. The van der Waals surface area contributed by atoms with Crippen LogP contribution in [0.25, 0.3) is 11.3 Å². The van der Waals surface area contributed by atoms with Crippen LogP contribution in [0.1, 0.15) is 12.6 Å². The van der Waals surface area contributed by atoms with E-state index in [0.717, 1.165) is 22.6 Å². The predicted octanol–water partition coefficient (Wildman–Crippen LogP) is 3.26. The monoisotopic (exact) mass is 265 g/mol. The predicted molar refractivity (Wildman–Crippen MR) is 79.0 cm³/mol. The van der Waals surface area contributed by atoms with Crippen molar-refractivity contribution in [3.63, 3.8) is 0 Å². The van der Waals surface area contributed by atoms with Crippen molar-refractivity contribution in [2.24, 2.45) is 0 Å². The van der Waals surface area contributed by atoms with Crippen molar-refractivity contribution in [2.75, 3.05) is 5.32 Å². The molecule has 1 aromatic carbocycles. The Morgan fingerprint density at radius 2 is 2.00 bits per heavy atom. The number of rotatable bonds is 4. The number of nitrogens with one attached hydrogen (secondary N) is 2. The molecule has 0 fully saturated rings. The maximum Gasteiger partial charge on any atom is 0.250 e. The molecule has 2 N–H and O–H groups in total. The number of hydrogen-bond acceptors (Lipinski definition) is 2. The van der Waals surface area contributed by atoms with E-state index in [1.54, 1.807) is 6.92 Å². The van der Waals surface area contributed by atoms with E-state index < -0.39 is 0 Å². The van der Waals surface area contributed by atoms with Crippen LogP contribution in [0.4, 0.5) is 5.69 Å². The third-order valence-electron chi connectivity index (χ3n) is 2.86. The van der Waals surface area contributed by atoms with Crippen molar-refractivity contribution < 1.29 is 4.79 Å². The lowest BCUT2D eigenvalue weighted by atomic mass is 10.1. The first-order valence-electron chi connectivity index (χ1n) is 6.22. The number of aromatic nitrogens is 1. The second-order valence-corrected chi connectivity index (χ2v) is 4.54. The van der Waals surface area contributed by atoms with Crippen molar-refractivity contribution in [1.29, 1.82) is 5.26 Å². The summed E-state index contributed by atoms with van der Waals surface area (Å²) >= 11 is 0. The maximum atomic E-state index is 11.5. The SMILES string of the molecule is C=C(C)C(=O)Nc1ccc(-c2ccc(CC#N)[nH]2)cc1. The van der Waals surface area contributed by atoms with Gasteiger partial charge in [-0.1, -0.05) is 18.7 Å². The van der Waals surface area contributed by atoms with Gasteiger partial charge in [-0.3, -0.25) is 4.79 Å². The molecule has 0 aliphatic carbocycles. The Morgan fingerprint density at radius 3 is 2.60 bits per heavy atom. The third-order valence-corrected chi connectivity index (χ3v) is 2.86. The zero-order valence-corrected chi connectivity index (χ0v) is 11.2. The number of benzene rings is 1. The van der Waals surface area contributed by atoms with E-state index in [2.05, 4.69) is 22.9 Å². The fourth-order valence-corrected chi connectivity index (χ4v) is 1.77. The molecule has 1 heterocycles. The highest BCUT2D eigenvalue weighted by molar-refractivity contribution is 6.02. The summed E-state index contributed by atoms with van der Waals surface area (Å²) < 4.78 is 0. The van der Waals surface area contributed by atoms with Crippen molar-refractivity contribution >= 4 is 11.6 Å². The number of hydrogen-bond donors (Lipinski definition) is 2. The zero-order valence-electron chi connectivity index (χ0n) is 11.2. The average molecular weight is 265 g/mol. The van der Waals surface area contributed by atoms with Gasteiger partial charge in [0.05, 0.1) is 12.5 Å². The first-order chi connectivity index (χ1) is 9.60. The molecule has 4 heteroatoms. The zero-order chi connectivity index (χ0) is 14.5. The molecule has 1 amide bonds. The lowest BCUT2D eigenvalue weighted by Gasteiger charge is -2.05. The molecular weight excluding hydrogens is 250 g/mol. The van der Waals surface area contributed by atoms with Crippen LogP contribution >= 0.6 is 0 Å². The number of nitrogens with zero attached hydrogens (tertiary/aromatic N) is 1. The number of carbonyl (C=O) groups is 1. The summed E-state index contributed by atoms with van der Waals surface area (Å²) in [5.41, 5.74) is 4.04. The normalized spacial score (nSPS) is 9.80. The lowest BCUT2D eigenvalue weighted by molar-refractivity contribution is -0.112. The van der Waals surface area contributed by atoms with Gasteiger partial charge in [-0.2, -0.15) is 5.26 Å². The summed E-state index contributed by atoms with van der Waals surface area (Å²) in [6.07, 6.45) is 0.368. The first kappa shape index (κ1) is 13.6. The summed E-state index contributed by atoms with van der Waals surface area (Å²) in [4.78, 5) is 14.7. The van der Waals surface area contributed by atoms with Crippen LogP contribution in [-0.4, -0.2) is 10.9 Å². The molecule has 0 aliphatic heterocycles. The highest BCUT2D eigenvalue weighted by Gasteiger charge is 2.04. The minimum absolute atomic E-state index is 0.186. The van der Waals surface area contributed by atoms with Crippen molar-refractivity contribution in [3.8, 4) is 17.3 Å². The van der Waals surface area contributed by atoms with Crippen molar-refractivity contribution in [2.45, 2.75) is 13.3 Å². The third kappa shape index (κ3) is 3.15. The minimum Gasteiger partial charge on any atom is -0.358 e. The number of H-pyrrole nitrogens is 1. The molecule has 0 aliphatic rings. The van der Waals surface area contributed by atoms with Gasteiger partial charge in [-0.05, 0) is 36.8 Å². The fraction of sp³-hybridized carbons (Fsp3) is 0.125. The number of carbonyl (C=O) groups excluding carboxylic acids is 1. The van der Waals surface area contributed by atoms with Crippen LogP contribution in [0.5, 0.6) is 0 Å². The first-order valence-corrected chi connectivity index (χ1v) is 6.22. The van der Waals surface area contributed by atoms with Crippen LogP contribution in [0, 0.1) is 11.3 Å². The van der Waals surface area contributed by atoms with E-state index >= 15 is 0 Å². The molecule has 4 nitrogen and oxygen atoms in total. The number of nitriles is 1. The van der Waals surface area contributed by atoms with Gasteiger partial charge in [-0.25, -0.2) is 0 Å². The van der Waals surface area contributed by atoms with Crippen molar-refractivity contribution in [3.05, 3.63) is 54.2 Å². The Hall–Kier alpha value is -2.80. The van der Waals surface area contributed by atoms with Crippen LogP contribution in [0.2, 0.25) is 0 Å². The molecule has 0 saturated carbocycles. The van der Waals surface area contributed by atoms with Gasteiger partial charge in [0.15, 0.2) is 0 Å². The number of anilines is 1. The molecule has 100 valence electrons. The smallest absolute Gasteiger partial charge is 0.250 e. The summed E-state index contributed by atoms with van der Waals surface area (Å²) in [6.45, 7) is 5.26. The molecule has 0 radical (unpaired) electrons. The summed E-state index contributed by atoms with van der Waals surface area (Å²) in [5, 5.41) is 11.4. The Kier molecular flexibility index (Phi) is 4.02. The molecule has 2 aromatic rings. The van der Waals surface area contributed by atoms with Crippen LogP contribution < -0.4 is 5.32 Å². The van der Waals surface area contributed by atoms with Gasteiger partial charge in [-0.15, -0.1) is 0 Å².